The molecule has 0 bridgehead atoms. The zero-order valence-corrected chi connectivity index (χ0v) is 9.39. The molecule has 3 N–H and O–H groups in total. The molecule has 1 aliphatic rings. The number of benzene rings is 1. The number of hydrogen-bond donors (Lipinski definition) is 2. The lowest BCUT2D eigenvalue weighted by atomic mass is 10.1. The van der Waals surface area contributed by atoms with E-state index >= 15 is 0 Å². The van der Waals surface area contributed by atoms with E-state index in [4.69, 9.17) is 5.73 Å². The number of aromatic hydroxyl groups is 1. The highest BCUT2D eigenvalue weighted by Crippen LogP contribution is 2.27. The van der Waals surface area contributed by atoms with Gasteiger partial charge in [-0.2, -0.15) is 0 Å². The van der Waals surface area contributed by atoms with Crippen LogP contribution in [0.25, 0.3) is 6.08 Å². The maximum Gasteiger partial charge on any atom is 0.122 e. The van der Waals surface area contributed by atoms with Gasteiger partial charge in [-0.15, -0.1) is 0 Å². The summed E-state index contributed by atoms with van der Waals surface area (Å²) in [5, 5.41) is 9.69. The Morgan fingerprint density at radius 2 is 2.06 bits per heavy atom. The average molecular weight is 218 g/mol. The van der Waals surface area contributed by atoms with Crippen molar-refractivity contribution in [1.82, 2.24) is 0 Å². The fraction of sp³-hybridized carbons (Fsp3) is 0.385. The van der Waals surface area contributed by atoms with Crippen molar-refractivity contribution < 1.29 is 5.11 Å². The molecule has 86 valence electrons. The second-order valence-electron chi connectivity index (χ2n) is 4.08. The summed E-state index contributed by atoms with van der Waals surface area (Å²) in [5.41, 5.74) is 7.44. The second kappa shape index (κ2) is 5.03. The minimum Gasteiger partial charge on any atom is -0.507 e. The van der Waals surface area contributed by atoms with Gasteiger partial charge in [-0.1, -0.05) is 12.2 Å². The molecular weight excluding hydrogens is 200 g/mol. The number of anilines is 1. The molecule has 0 saturated carbocycles. The molecule has 2 rings (SSSR count). The van der Waals surface area contributed by atoms with Crippen LogP contribution in [-0.4, -0.2) is 24.7 Å². The van der Waals surface area contributed by atoms with Crippen molar-refractivity contribution >= 4 is 11.8 Å². The largest absolute Gasteiger partial charge is 0.507 e. The van der Waals surface area contributed by atoms with Crippen LogP contribution < -0.4 is 10.6 Å². The molecule has 0 aliphatic carbocycles. The lowest BCUT2D eigenvalue weighted by Crippen LogP contribution is -2.17. The summed E-state index contributed by atoms with van der Waals surface area (Å²) in [6.45, 7) is 2.73. The first kappa shape index (κ1) is 11.0. The maximum atomic E-state index is 9.69. The minimum absolute atomic E-state index is 0.313. The van der Waals surface area contributed by atoms with Crippen molar-refractivity contribution in [3.8, 4) is 5.75 Å². The number of phenols is 1. The number of rotatable bonds is 3. The van der Waals surface area contributed by atoms with Gasteiger partial charge in [0.15, 0.2) is 0 Å². The van der Waals surface area contributed by atoms with Gasteiger partial charge in [-0.25, -0.2) is 0 Å². The van der Waals surface area contributed by atoms with Gasteiger partial charge >= 0.3 is 0 Å². The van der Waals surface area contributed by atoms with Crippen molar-refractivity contribution in [2.75, 3.05) is 24.5 Å². The van der Waals surface area contributed by atoms with Gasteiger partial charge in [0.05, 0.1) is 0 Å². The highest BCUT2D eigenvalue weighted by molar-refractivity contribution is 5.64. The molecule has 1 aromatic carbocycles. The zero-order chi connectivity index (χ0) is 11.4. The Morgan fingerprint density at radius 1 is 1.31 bits per heavy atom. The fourth-order valence-corrected chi connectivity index (χ4v) is 2.04. The van der Waals surface area contributed by atoms with Crippen LogP contribution in [0.3, 0.4) is 0 Å². The van der Waals surface area contributed by atoms with E-state index in [1.54, 1.807) is 6.07 Å². The van der Waals surface area contributed by atoms with Crippen LogP contribution in [0.15, 0.2) is 24.3 Å². The molecular formula is C13H18N2O. The monoisotopic (exact) mass is 218 g/mol. The Kier molecular flexibility index (Phi) is 3.47. The summed E-state index contributed by atoms with van der Waals surface area (Å²) in [4.78, 5) is 2.35. The number of nitrogens with zero attached hydrogens (tertiary/aromatic N) is 1. The van der Waals surface area contributed by atoms with Gasteiger partial charge in [0.1, 0.15) is 5.75 Å². The van der Waals surface area contributed by atoms with Crippen molar-refractivity contribution in [3.05, 3.63) is 29.8 Å². The second-order valence-corrected chi connectivity index (χ2v) is 4.08. The Labute approximate surface area is 96.2 Å². The Morgan fingerprint density at radius 3 is 2.75 bits per heavy atom. The molecule has 1 saturated heterocycles. The third kappa shape index (κ3) is 2.36. The van der Waals surface area contributed by atoms with Crippen molar-refractivity contribution in [2.24, 2.45) is 5.73 Å². The summed E-state index contributed by atoms with van der Waals surface area (Å²) in [7, 11) is 0. The minimum atomic E-state index is 0.313. The first-order valence-electron chi connectivity index (χ1n) is 5.76. The van der Waals surface area contributed by atoms with Crippen LogP contribution >= 0.6 is 0 Å². The van der Waals surface area contributed by atoms with Crippen LogP contribution in [0.5, 0.6) is 5.75 Å². The third-order valence-electron chi connectivity index (χ3n) is 2.92. The smallest absolute Gasteiger partial charge is 0.122 e. The van der Waals surface area contributed by atoms with E-state index in [1.165, 1.54) is 18.5 Å². The summed E-state index contributed by atoms with van der Waals surface area (Å²) in [5.74, 6) is 0.313. The molecule has 3 heteroatoms. The lowest BCUT2D eigenvalue weighted by molar-refractivity contribution is 0.474. The van der Waals surface area contributed by atoms with E-state index in [2.05, 4.69) is 4.90 Å². The van der Waals surface area contributed by atoms with Gasteiger partial charge in [0.25, 0.3) is 0 Å². The van der Waals surface area contributed by atoms with Crippen molar-refractivity contribution in [1.29, 1.82) is 0 Å². The summed E-state index contributed by atoms with van der Waals surface area (Å²) < 4.78 is 0. The van der Waals surface area contributed by atoms with Crippen molar-refractivity contribution in [3.63, 3.8) is 0 Å². The molecule has 3 nitrogen and oxygen atoms in total. The van der Waals surface area contributed by atoms with Crippen LogP contribution in [-0.2, 0) is 0 Å². The average Bonchev–Trinajstić information content (AvgIpc) is 2.81. The molecule has 0 radical (unpaired) electrons. The molecule has 0 unspecified atom stereocenters. The van der Waals surface area contributed by atoms with E-state index in [9.17, 15) is 5.11 Å². The molecule has 0 amide bonds. The van der Waals surface area contributed by atoms with Gasteiger partial charge in [-0.3, -0.25) is 0 Å². The zero-order valence-electron chi connectivity index (χ0n) is 9.39. The molecule has 0 spiro atoms. The Hall–Kier alpha value is -1.48. The quantitative estimate of drug-likeness (QED) is 0.815. The third-order valence-corrected chi connectivity index (χ3v) is 2.92. The number of hydrogen-bond acceptors (Lipinski definition) is 3. The van der Waals surface area contributed by atoms with Gasteiger partial charge in [-0.05, 0) is 31.0 Å². The highest BCUT2D eigenvalue weighted by Gasteiger charge is 2.12. The van der Waals surface area contributed by atoms with E-state index in [1.807, 2.05) is 24.3 Å². The predicted octanol–water partition coefficient (Wildman–Crippen LogP) is 1.96. The van der Waals surface area contributed by atoms with E-state index in [0.717, 1.165) is 18.7 Å². The molecule has 16 heavy (non-hydrogen) atoms. The van der Waals surface area contributed by atoms with Gasteiger partial charge in [0, 0.05) is 30.9 Å². The molecule has 0 aromatic heterocycles. The van der Waals surface area contributed by atoms with Crippen LogP contribution in [0.4, 0.5) is 5.69 Å². The summed E-state index contributed by atoms with van der Waals surface area (Å²) in [6, 6.07) is 5.75. The lowest BCUT2D eigenvalue weighted by Gasteiger charge is -2.18. The highest BCUT2D eigenvalue weighted by atomic mass is 16.3. The van der Waals surface area contributed by atoms with Crippen molar-refractivity contribution in [2.45, 2.75) is 12.8 Å². The normalized spacial score (nSPS) is 16.2. The summed E-state index contributed by atoms with van der Waals surface area (Å²) in [6.07, 6.45) is 6.24. The van der Waals surface area contributed by atoms with Crippen LogP contribution in [0.1, 0.15) is 18.4 Å². The first-order valence-corrected chi connectivity index (χ1v) is 5.76. The Balaban J connectivity index is 2.23. The Bertz CT molecular complexity index is 382. The SMILES string of the molecule is NC/C=C/c1cc(N2CCCC2)ccc1O. The fourth-order valence-electron chi connectivity index (χ4n) is 2.04. The molecule has 1 aromatic rings. The maximum absolute atomic E-state index is 9.69. The first-order chi connectivity index (χ1) is 7.81. The van der Waals surface area contributed by atoms with E-state index in [0.29, 0.717) is 12.3 Å². The van der Waals surface area contributed by atoms with E-state index < -0.39 is 0 Å². The van der Waals surface area contributed by atoms with Gasteiger partial charge in [0.2, 0.25) is 0 Å². The molecule has 1 heterocycles. The van der Waals surface area contributed by atoms with E-state index in [-0.39, 0.29) is 0 Å². The molecule has 0 atom stereocenters. The number of phenolic OH excluding ortho intramolecular Hbond substituents is 1. The molecule has 1 fully saturated rings. The van der Waals surface area contributed by atoms with Crippen LogP contribution in [0.2, 0.25) is 0 Å². The topological polar surface area (TPSA) is 49.5 Å². The molecule has 1 aliphatic heterocycles. The summed E-state index contributed by atoms with van der Waals surface area (Å²) >= 11 is 0. The van der Waals surface area contributed by atoms with Crippen LogP contribution in [0, 0.1) is 0 Å². The number of nitrogens with two attached hydrogens (primary N) is 1. The van der Waals surface area contributed by atoms with Gasteiger partial charge < -0.3 is 15.7 Å². The standard InChI is InChI=1S/C13H18N2O/c14-7-3-4-11-10-12(5-6-13(11)16)15-8-1-2-9-15/h3-6,10,16H,1-2,7-9,14H2/b4-3+. The predicted molar refractivity (Wildman–Crippen MR) is 67.6 cm³/mol.